The van der Waals surface area contributed by atoms with Gasteiger partial charge in [-0.15, -0.1) is 0 Å². The highest BCUT2D eigenvalue weighted by atomic mass is 35.5. The minimum absolute atomic E-state index is 0.266. The largest absolute Gasteiger partial charge is 0.516 e. The molecule has 1 amide bonds. The lowest BCUT2D eigenvalue weighted by atomic mass is 10.2. The van der Waals surface area contributed by atoms with E-state index in [2.05, 4.69) is 0 Å². The number of alkyl halides is 3. The molecule has 10 heteroatoms. The van der Waals surface area contributed by atoms with Gasteiger partial charge in [-0.05, 0) is 12.1 Å². The monoisotopic (exact) mass is 321 g/mol. The zero-order valence-corrected chi connectivity index (χ0v) is 10.6. The Hall–Kier alpha value is -0.990. The first-order chi connectivity index (χ1) is 8.06. The Kier molecular flexibility index (Phi) is 4.14. The fourth-order valence-corrected chi connectivity index (χ4v) is 1.98. The van der Waals surface area contributed by atoms with Crippen LogP contribution in [0, 0.1) is 0 Å². The van der Waals surface area contributed by atoms with Gasteiger partial charge in [0.1, 0.15) is 0 Å². The van der Waals surface area contributed by atoms with Gasteiger partial charge in [-0.25, -0.2) is 4.72 Å². The first-order valence-electron chi connectivity index (χ1n) is 4.13. The Labute approximate surface area is 110 Å². The number of hydrogen-bond acceptors (Lipinski definition) is 3. The molecule has 1 rings (SSSR count). The Morgan fingerprint density at radius 1 is 1.17 bits per heavy atom. The molecule has 0 atom stereocenters. The van der Waals surface area contributed by atoms with Crippen LogP contribution in [-0.4, -0.2) is 19.8 Å². The van der Waals surface area contributed by atoms with E-state index < -0.39 is 27.0 Å². The van der Waals surface area contributed by atoms with E-state index in [1.165, 1.54) is 18.2 Å². The van der Waals surface area contributed by atoms with Crippen LogP contribution in [0.5, 0.6) is 0 Å². The smallest absolute Gasteiger partial charge is 0.268 e. The highest BCUT2D eigenvalue weighted by molar-refractivity contribution is 7.90. The van der Waals surface area contributed by atoms with E-state index in [9.17, 15) is 26.4 Å². The van der Waals surface area contributed by atoms with Crippen molar-refractivity contribution in [3.05, 3.63) is 33.8 Å². The van der Waals surface area contributed by atoms with E-state index in [0.29, 0.717) is 0 Å². The third-order valence-corrected chi connectivity index (χ3v) is 3.42. The summed E-state index contributed by atoms with van der Waals surface area (Å²) in [5.41, 5.74) is -6.15. The van der Waals surface area contributed by atoms with Gasteiger partial charge >= 0.3 is 15.5 Å². The predicted molar refractivity (Wildman–Crippen MR) is 58.9 cm³/mol. The molecule has 0 saturated heterocycles. The number of sulfonamides is 1. The summed E-state index contributed by atoms with van der Waals surface area (Å²) in [5, 5.41) is -0.533. The molecule has 100 valence electrons. The van der Waals surface area contributed by atoms with E-state index in [1.807, 2.05) is 0 Å². The van der Waals surface area contributed by atoms with Crippen LogP contribution in [-0.2, 0) is 10.0 Å². The van der Waals surface area contributed by atoms with Crippen molar-refractivity contribution in [2.75, 3.05) is 0 Å². The number of amides is 1. The van der Waals surface area contributed by atoms with Crippen molar-refractivity contribution in [3.63, 3.8) is 0 Å². The lowest BCUT2D eigenvalue weighted by Gasteiger charge is -2.10. The van der Waals surface area contributed by atoms with Crippen LogP contribution < -0.4 is 4.72 Å². The van der Waals surface area contributed by atoms with Crippen molar-refractivity contribution in [1.82, 2.24) is 4.72 Å². The molecule has 0 unspecified atom stereocenters. The van der Waals surface area contributed by atoms with E-state index >= 15 is 0 Å². The number of rotatable bonds is 2. The Bertz CT molecular complexity index is 565. The summed E-state index contributed by atoms with van der Waals surface area (Å²) in [7, 11) is -5.80. The fourth-order valence-electron chi connectivity index (χ4n) is 0.946. The van der Waals surface area contributed by atoms with Gasteiger partial charge in [0.05, 0.1) is 15.6 Å². The second-order valence-electron chi connectivity index (χ2n) is 2.98. The number of benzene rings is 1. The van der Waals surface area contributed by atoms with E-state index in [-0.39, 0.29) is 10.0 Å². The summed E-state index contributed by atoms with van der Waals surface area (Å²) < 4.78 is 58.4. The molecule has 0 fully saturated rings. The normalized spacial score (nSPS) is 12.3. The van der Waals surface area contributed by atoms with E-state index in [0.717, 1.165) is 4.72 Å². The van der Waals surface area contributed by atoms with Gasteiger partial charge in [0, 0.05) is 0 Å². The van der Waals surface area contributed by atoms with Crippen LogP contribution in [0.15, 0.2) is 18.2 Å². The summed E-state index contributed by atoms with van der Waals surface area (Å²) >= 11 is 11.1. The van der Waals surface area contributed by atoms with Gasteiger partial charge in [-0.2, -0.15) is 21.6 Å². The van der Waals surface area contributed by atoms with Gasteiger partial charge in [0.25, 0.3) is 5.91 Å². The fraction of sp³-hybridized carbons (Fsp3) is 0.125. The highest BCUT2D eigenvalue weighted by Gasteiger charge is 2.47. The molecular weight excluding hydrogens is 318 g/mol. The number of hydrogen-bond donors (Lipinski definition) is 1. The second-order valence-corrected chi connectivity index (χ2v) is 5.47. The SMILES string of the molecule is O=C(NS(=O)(=O)C(F)(F)F)c1c(Cl)cccc1Cl. The summed E-state index contributed by atoms with van der Waals surface area (Å²) in [4.78, 5) is 11.4. The molecule has 1 aromatic rings. The molecule has 1 aromatic carbocycles. The quantitative estimate of drug-likeness (QED) is 0.910. The summed E-state index contributed by atoms with van der Waals surface area (Å²) in [6.07, 6.45) is 0. The maximum atomic E-state index is 12.0. The molecule has 0 spiro atoms. The topological polar surface area (TPSA) is 63.2 Å². The molecule has 0 aromatic heterocycles. The van der Waals surface area contributed by atoms with Gasteiger partial charge in [-0.3, -0.25) is 4.79 Å². The molecular formula is C8H4Cl2F3NO3S. The summed E-state index contributed by atoms with van der Waals surface area (Å²) in [5.74, 6) is -1.55. The number of carbonyl (C=O) groups excluding carboxylic acids is 1. The number of halogens is 5. The minimum Gasteiger partial charge on any atom is -0.268 e. The molecule has 0 aliphatic rings. The van der Waals surface area contributed by atoms with Crippen LogP contribution in [0.1, 0.15) is 10.4 Å². The Morgan fingerprint density at radius 3 is 2.00 bits per heavy atom. The van der Waals surface area contributed by atoms with Crippen LogP contribution in [0.4, 0.5) is 13.2 Å². The molecule has 4 nitrogen and oxygen atoms in total. The number of carbonyl (C=O) groups is 1. The first kappa shape index (κ1) is 15.1. The minimum atomic E-state index is -5.80. The molecule has 0 saturated carbocycles. The lowest BCUT2D eigenvalue weighted by molar-refractivity contribution is -0.0446. The molecule has 0 aliphatic carbocycles. The van der Waals surface area contributed by atoms with Crippen LogP contribution >= 0.6 is 23.2 Å². The van der Waals surface area contributed by atoms with E-state index in [1.54, 1.807) is 0 Å². The zero-order valence-electron chi connectivity index (χ0n) is 8.25. The standard InChI is InChI=1S/C8H4Cl2F3NO3S/c9-4-2-1-3-5(10)6(4)7(15)14-18(16,17)8(11,12)13/h1-3H,(H,14,15). The lowest BCUT2D eigenvalue weighted by Crippen LogP contribution is -2.40. The second kappa shape index (κ2) is 4.94. The molecule has 18 heavy (non-hydrogen) atoms. The third-order valence-electron chi connectivity index (χ3n) is 1.72. The number of nitrogens with one attached hydrogen (secondary N) is 1. The molecule has 1 N–H and O–H groups in total. The average Bonchev–Trinajstić information content (AvgIpc) is 2.14. The maximum absolute atomic E-state index is 12.0. The molecule has 0 aliphatic heterocycles. The molecule has 0 heterocycles. The summed E-state index contributed by atoms with van der Waals surface area (Å²) in [6, 6.07) is 3.71. The highest BCUT2D eigenvalue weighted by Crippen LogP contribution is 2.26. The zero-order chi connectivity index (χ0) is 14.1. The third kappa shape index (κ3) is 3.06. The first-order valence-corrected chi connectivity index (χ1v) is 6.37. The van der Waals surface area contributed by atoms with Gasteiger partial charge in [0.2, 0.25) is 0 Å². The molecule has 0 radical (unpaired) electrons. The average molecular weight is 322 g/mol. The van der Waals surface area contributed by atoms with Crippen molar-refractivity contribution in [3.8, 4) is 0 Å². The van der Waals surface area contributed by atoms with Gasteiger partial charge in [-0.1, -0.05) is 29.3 Å². The Morgan fingerprint density at radius 2 is 1.61 bits per heavy atom. The molecule has 0 bridgehead atoms. The van der Waals surface area contributed by atoms with Crippen molar-refractivity contribution >= 4 is 39.1 Å². The Balaban J connectivity index is 3.12. The van der Waals surface area contributed by atoms with Crippen molar-refractivity contribution in [2.24, 2.45) is 0 Å². The summed E-state index contributed by atoms with van der Waals surface area (Å²) in [6.45, 7) is 0. The van der Waals surface area contributed by atoms with Crippen LogP contribution in [0.3, 0.4) is 0 Å². The predicted octanol–water partition coefficient (Wildman–Crippen LogP) is 2.57. The van der Waals surface area contributed by atoms with Crippen LogP contribution in [0.2, 0.25) is 10.0 Å². The van der Waals surface area contributed by atoms with Crippen molar-refractivity contribution in [2.45, 2.75) is 5.51 Å². The van der Waals surface area contributed by atoms with Gasteiger partial charge < -0.3 is 0 Å². The van der Waals surface area contributed by atoms with Crippen molar-refractivity contribution in [1.29, 1.82) is 0 Å². The van der Waals surface area contributed by atoms with E-state index in [4.69, 9.17) is 23.2 Å². The van der Waals surface area contributed by atoms with Crippen LogP contribution in [0.25, 0.3) is 0 Å². The van der Waals surface area contributed by atoms with Crippen molar-refractivity contribution < 1.29 is 26.4 Å². The maximum Gasteiger partial charge on any atom is 0.516 e. The van der Waals surface area contributed by atoms with Gasteiger partial charge in [0.15, 0.2) is 0 Å².